The van der Waals surface area contributed by atoms with E-state index in [-0.39, 0.29) is 6.61 Å². The van der Waals surface area contributed by atoms with Crippen molar-refractivity contribution in [1.29, 1.82) is 0 Å². The van der Waals surface area contributed by atoms with Gasteiger partial charge in [-0.1, -0.05) is 43.0 Å². The minimum atomic E-state index is -0.394. The Labute approximate surface area is 100 Å². The van der Waals surface area contributed by atoms with Crippen molar-refractivity contribution in [2.45, 2.75) is 6.42 Å². The maximum Gasteiger partial charge on any atom is 0.334 e. The number of halogens is 1. The number of rotatable bonds is 5. The van der Waals surface area contributed by atoms with Crippen LogP contribution >= 0.6 is 11.6 Å². The summed E-state index contributed by atoms with van der Waals surface area (Å²) in [5, 5.41) is 0.670. The predicted molar refractivity (Wildman–Crippen MR) is 65.5 cm³/mol. The molecule has 0 unspecified atom stereocenters. The first-order valence-electron chi connectivity index (χ1n) is 4.83. The molecule has 0 aliphatic rings. The summed E-state index contributed by atoms with van der Waals surface area (Å²) >= 11 is 5.75. The van der Waals surface area contributed by atoms with E-state index in [4.69, 9.17) is 16.3 Å². The first kappa shape index (κ1) is 12.5. The maximum atomic E-state index is 11.4. The highest BCUT2D eigenvalue weighted by molar-refractivity contribution is 6.30. The van der Waals surface area contributed by atoms with Gasteiger partial charge in [0.25, 0.3) is 0 Å². The fourth-order valence-corrected chi connectivity index (χ4v) is 1.28. The van der Waals surface area contributed by atoms with E-state index in [2.05, 4.69) is 13.2 Å². The molecule has 0 radical (unpaired) electrons. The second-order valence-corrected chi connectivity index (χ2v) is 3.73. The van der Waals surface area contributed by atoms with Gasteiger partial charge in [0.1, 0.15) is 6.61 Å². The molecule has 0 N–H and O–H groups in total. The quantitative estimate of drug-likeness (QED) is 0.446. The maximum absolute atomic E-state index is 11.4. The van der Waals surface area contributed by atoms with Crippen molar-refractivity contribution in [2.75, 3.05) is 6.61 Å². The van der Waals surface area contributed by atoms with Crippen LogP contribution in [-0.2, 0) is 16.0 Å². The van der Waals surface area contributed by atoms with Crippen LogP contribution in [0, 0.1) is 0 Å². The smallest absolute Gasteiger partial charge is 0.334 e. The van der Waals surface area contributed by atoms with Crippen LogP contribution in [0.25, 0.3) is 0 Å². The second-order valence-electron chi connectivity index (χ2n) is 3.29. The minimum absolute atomic E-state index is 0.207. The first-order valence-corrected chi connectivity index (χ1v) is 5.21. The van der Waals surface area contributed by atoms with Crippen molar-refractivity contribution >= 4 is 17.6 Å². The number of hydrogen-bond acceptors (Lipinski definition) is 2. The van der Waals surface area contributed by atoms with Crippen LogP contribution in [0.4, 0.5) is 0 Å². The molecule has 16 heavy (non-hydrogen) atoms. The summed E-state index contributed by atoms with van der Waals surface area (Å²) in [4.78, 5) is 11.4. The molecule has 0 amide bonds. The lowest BCUT2D eigenvalue weighted by Crippen LogP contribution is -2.09. The lowest BCUT2D eigenvalue weighted by molar-refractivity contribution is -0.137. The van der Waals surface area contributed by atoms with Gasteiger partial charge in [0.2, 0.25) is 0 Å². The Morgan fingerprint density at radius 3 is 2.56 bits per heavy atom. The molecule has 1 aromatic carbocycles. The third kappa shape index (κ3) is 3.91. The molecule has 0 saturated carbocycles. The number of carbonyl (C=O) groups is 1. The van der Waals surface area contributed by atoms with Crippen LogP contribution in [0.15, 0.2) is 49.1 Å². The lowest BCUT2D eigenvalue weighted by Gasteiger charge is -2.05. The zero-order valence-electron chi connectivity index (χ0n) is 8.91. The van der Waals surface area contributed by atoms with E-state index < -0.39 is 5.97 Å². The number of benzene rings is 1. The molecule has 1 rings (SSSR count). The Balaban J connectivity index is 2.54. The number of carbonyl (C=O) groups excluding carboxylic acids is 1. The molecular formula is C13H13ClO2. The van der Waals surface area contributed by atoms with E-state index in [9.17, 15) is 4.79 Å². The van der Waals surface area contributed by atoms with E-state index in [1.54, 1.807) is 12.1 Å². The van der Waals surface area contributed by atoms with Gasteiger partial charge in [-0.25, -0.2) is 4.79 Å². The van der Waals surface area contributed by atoms with E-state index >= 15 is 0 Å². The predicted octanol–water partition coefficient (Wildman–Crippen LogP) is 3.17. The molecule has 1 aromatic rings. The zero-order chi connectivity index (χ0) is 12.0. The van der Waals surface area contributed by atoms with Crippen molar-refractivity contribution in [1.82, 2.24) is 0 Å². The Hall–Kier alpha value is -1.54. The van der Waals surface area contributed by atoms with Gasteiger partial charge in [-0.3, -0.25) is 0 Å². The summed E-state index contributed by atoms with van der Waals surface area (Å²) in [7, 11) is 0. The van der Waals surface area contributed by atoms with Crippen LogP contribution in [-0.4, -0.2) is 12.6 Å². The van der Waals surface area contributed by atoms with Gasteiger partial charge in [-0.2, -0.15) is 0 Å². The van der Waals surface area contributed by atoms with Gasteiger partial charge >= 0.3 is 5.97 Å². The average Bonchev–Trinajstić information content (AvgIpc) is 2.29. The fourth-order valence-electron chi connectivity index (χ4n) is 1.16. The molecule has 0 aromatic heterocycles. The van der Waals surface area contributed by atoms with Gasteiger partial charge in [0.15, 0.2) is 0 Å². The lowest BCUT2D eigenvalue weighted by atomic mass is 10.1. The topological polar surface area (TPSA) is 26.3 Å². The minimum Gasteiger partial charge on any atom is -0.458 e. The molecule has 0 aliphatic heterocycles. The van der Waals surface area contributed by atoms with E-state index in [0.717, 1.165) is 5.56 Å². The summed E-state index contributed by atoms with van der Waals surface area (Å²) in [6, 6.07) is 7.26. The van der Waals surface area contributed by atoms with E-state index in [1.807, 2.05) is 12.1 Å². The molecule has 0 fully saturated rings. The SMILES string of the molecule is C=CCOC(=O)C(=C)Cc1ccc(Cl)cc1. The average molecular weight is 237 g/mol. The van der Waals surface area contributed by atoms with Crippen LogP contribution in [0.5, 0.6) is 0 Å². The summed E-state index contributed by atoms with van der Waals surface area (Å²) < 4.78 is 4.87. The Morgan fingerprint density at radius 2 is 2.00 bits per heavy atom. The van der Waals surface area contributed by atoms with Gasteiger partial charge in [0, 0.05) is 17.0 Å². The standard InChI is InChI=1S/C13H13ClO2/c1-3-8-16-13(15)10(2)9-11-4-6-12(14)7-5-11/h3-7H,1-2,8-9H2. The molecule has 0 spiro atoms. The molecule has 0 bridgehead atoms. The molecule has 0 saturated heterocycles. The highest BCUT2D eigenvalue weighted by Crippen LogP contribution is 2.13. The molecule has 2 nitrogen and oxygen atoms in total. The fraction of sp³-hybridized carbons (Fsp3) is 0.154. The van der Waals surface area contributed by atoms with Crippen LogP contribution in [0.2, 0.25) is 5.02 Å². The van der Waals surface area contributed by atoms with Gasteiger partial charge in [-0.15, -0.1) is 0 Å². The summed E-state index contributed by atoms with van der Waals surface area (Å²) in [5.41, 5.74) is 1.40. The molecule has 84 valence electrons. The molecule has 0 atom stereocenters. The van der Waals surface area contributed by atoms with Crippen LogP contribution < -0.4 is 0 Å². The van der Waals surface area contributed by atoms with Gasteiger partial charge < -0.3 is 4.74 Å². The highest BCUT2D eigenvalue weighted by Gasteiger charge is 2.08. The summed E-state index contributed by atoms with van der Waals surface area (Å²) in [6.07, 6.45) is 1.99. The third-order valence-corrected chi connectivity index (χ3v) is 2.20. The van der Waals surface area contributed by atoms with Crippen molar-refractivity contribution < 1.29 is 9.53 Å². The monoisotopic (exact) mass is 236 g/mol. The molecule has 3 heteroatoms. The van der Waals surface area contributed by atoms with E-state index in [0.29, 0.717) is 17.0 Å². The van der Waals surface area contributed by atoms with Gasteiger partial charge in [-0.05, 0) is 17.7 Å². The zero-order valence-corrected chi connectivity index (χ0v) is 9.67. The number of esters is 1. The first-order chi connectivity index (χ1) is 7.63. The Morgan fingerprint density at radius 1 is 1.38 bits per heavy atom. The third-order valence-electron chi connectivity index (χ3n) is 1.95. The molecule has 0 heterocycles. The van der Waals surface area contributed by atoms with Crippen molar-refractivity contribution in [3.63, 3.8) is 0 Å². The normalized spacial score (nSPS) is 9.56. The Kier molecular flexibility index (Phi) is 4.80. The second kappa shape index (κ2) is 6.13. The molecule has 0 aliphatic carbocycles. The van der Waals surface area contributed by atoms with Crippen molar-refractivity contribution in [3.05, 3.63) is 59.7 Å². The number of hydrogen-bond donors (Lipinski definition) is 0. The van der Waals surface area contributed by atoms with Crippen LogP contribution in [0.1, 0.15) is 5.56 Å². The largest absolute Gasteiger partial charge is 0.458 e. The van der Waals surface area contributed by atoms with Crippen LogP contribution in [0.3, 0.4) is 0 Å². The molecular weight excluding hydrogens is 224 g/mol. The van der Waals surface area contributed by atoms with Crippen molar-refractivity contribution in [2.24, 2.45) is 0 Å². The van der Waals surface area contributed by atoms with Gasteiger partial charge in [0.05, 0.1) is 0 Å². The summed E-state index contributed by atoms with van der Waals surface area (Å²) in [5.74, 6) is -0.394. The van der Waals surface area contributed by atoms with E-state index in [1.165, 1.54) is 6.08 Å². The summed E-state index contributed by atoms with van der Waals surface area (Å²) in [6.45, 7) is 7.35. The highest BCUT2D eigenvalue weighted by atomic mass is 35.5. The van der Waals surface area contributed by atoms with Crippen molar-refractivity contribution in [3.8, 4) is 0 Å². The Bertz CT molecular complexity index is 393. The number of ether oxygens (including phenoxy) is 1.